The maximum absolute atomic E-state index is 12.6. The number of aryl methyl sites for hydroxylation is 1. The van der Waals surface area contributed by atoms with E-state index in [0.29, 0.717) is 25.1 Å². The summed E-state index contributed by atoms with van der Waals surface area (Å²) in [6.07, 6.45) is 6.16. The molecule has 0 radical (unpaired) electrons. The van der Waals surface area contributed by atoms with E-state index in [2.05, 4.69) is 22.2 Å². The van der Waals surface area contributed by atoms with E-state index in [-0.39, 0.29) is 17.7 Å². The Labute approximate surface area is 125 Å². The highest BCUT2D eigenvalue weighted by Crippen LogP contribution is 2.22. The highest BCUT2D eigenvalue weighted by Gasteiger charge is 2.29. The van der Waals surface area contributed by atoms with Gasteiger partial charge in [-0.05, 0) is 18.8 Å². The van der Waals surface area contributed by atoms with Crippen LogP contribution in [0.4, 0.5) is 0 Å². The van der Waals surface area contributed by atoms with Crippen molar-refractivity contribution in [2.45, 2.75) is 32.6 Å². The van der Waals surface area contributed by atoms with Crippen LogP contribution in [0, 0.1) is 5.92 Å². The van der Waals surface area contributed by atoms with Crippen molar-refractivity contribution in [3.8, 4) is 0 Å². The quantitative estimate of drug-likeness (QED) is 0.878. The predicted molar refractivity (Wildman–Crippen MR) is 78.7 cm³/mol. The van der Waals surface area contributed by atoms with Crippen molar-refractivity contribution >= 4 is 11.8 Å². The summed E-state index contributed by atoms with van der Waals surface area (Å²) in [5.74, 6) is 0.260. The Balaban J connectivity index is 2.03. The Kier molecular flexibility index (Phi) is 5.25. The van der Waals surface area contributed by atoms with Crippen LogP contribution in [0.25, 0.3) is 0 Å². The number of carbonyl (C=O) groups is 2. The molecule has 114 valence electrons. The number of hydrogen-bond acceptors (Lipinski definition) is 4. The first-order chi connectivity index (χ1) is 10.2. The van der Waals surface area contributed by atoms with Crippen LogP contribution < -0.4 is 5.32 Å². The lowest BCUT2D eigenvalue weighted by Crippen LogP contribution is -2.30. The Hall–Kier alpha value is -1.98. The lowest BCUT2D eigenvalue weighted by molar-refractivity contribution is -0.121. The summed E-state index contributed by atoms with van der Waals surface area (Å²) in [7, 11) is 1.64. The monoisotopic (exact) mass is 290 g/mol. The first-order valence-electron chi connectivity index (χ1n) is 7.44. The van der Waals surface area contributed by atoms with Gasteiger partial charge in [0.15, 0.2) is 0 Å². The minimum Gasteiger partial charge on any atom is -0.359 e. The molecule has 1 atom stereocenters. The molecule has 0 spiro atoms. The van der Waals surface area contributed by atoms with E-state index in [4.69, 9.17) is 0 Å². The van der Waals surface area contributed by atoms with Gasteiger partial charge in [0.1, 0.15) is 6.33 Å². The Morgan fingerprint density at radius 2 is 2.29 bits per heavy atom. The van der Waals surface area contributed by atoms with Crippen molar-refractivity contribution in [3.63, 3.8) is 0 Å². The minimum absolute atomic E-state index is 0.0153. The molecule has 1 aliphatic rings. The van der Waals surface area contributed by atoms with Crippen molar-refractivity contribution < 1.29 is 9.59 Å². The van der Waals surface area contributed by atoms with E-state index >= 15 is 0 Å². The molecular formula is C15H22N4O2. The zero-order chi connectivity index (χ0) is 15.2. The second-order valence-corrected chi connectivity index (χ2v) is 5.42. The average Bonchev–Trinajstić information content (AvgIpc) is 2.96. The molecular weight excluding hydrogens is 268 g/mol. The first kappa shape index (κ1) is 15.4. The van der Waals surface area contributed by atoms with Crippen LogP contribution in [0.15, 0.2) is 12.5 Å². The molecule has 6 nitrogen and oxygen atoms in total. The van der Waals surface area contributed by atoms with Crippen molar-refractivity contribution in [1.82, 2.24) is 20.2 Å². The molecule has 1 N–H and O–H groups in total. The SMILES string of the molecule is CCCc1ncncc1C(=O)N1CCC(CC(=O)NC)C1. The van der Waals surface area contributed by atoms with E-state index < -0.39 is 0 Å². The largest absolute Gasteiger partial charge is 0.359 e. The fourth-order valence-electron chi connectivity index (χ4n) is 2.69. The van der Waals surface area contributed by atoms with Crippen LogP contribution in [-0.2, 0) is 11.2 Å². The normalized spacial score (nSPS) is 17.8. The van der Waals surface area contributed by atoms with Gasteiger partial charge in [-0.25, -0.2) is 9.97 Å². The minimum atomic E-state index is -0.0153. The third kappa shape index (κ3) is 3.77. The van der Waals surface area contributed by atoms with Crippen LogP contribution in [0.5, 0.6) is 0 Å². The Morgan fingerprint density at radius 3 is 3.00 bits per heavy atom. The third-order valence-electron chi connectivity index (χ3n) is 3.84. The molecule has 1 aromatic rings. The number of hydrogen-bond donors (Lipinski definition) is 1. The zero-order valence-corrected chi connectivity index (χ0v) is 12.6. The van der Waals surface area contributed by atoms with Crippen molar-refractivity contribution in [2.24, 2.45) is 5.92 Å². The number of nitrogens with zero attached hydrogens (tertiary/aromatic N) is 3. The summed E-state index contributed by atoms with van der Waals surface area (Å²) in [5, 5.41) is 2.63. The maximum Gasteiger partial charge on any atom is 0.257 e. The van der Waals surface area contributed by atoms with Gasteiger partial charge in [-0.2, -0.15) is 0 Å². The smallest absolute Gasteiger partial charge is 0.257 e. The number of likely N-dealkylation sites (tertiary alicyclic amines) is 1. The van der Waals surface area contributed by atoms with Crippen LogP contribution in [0.2, 0.25) is 0 Å². The number of rotatable bonds is 5. The van der Waals surface area contributed by atoms with E-state index in [9.17, 15) is 9.59 Å². The number of amides is 2. The van der Waals surface area contributed by atoms with Gasteiger partial charge in [0.05, 0.1) is 11.3 Å². The molecule has 6 heteroatoms. The summed E-state index contributed by atoms with van der Waals surface area (Å²) < 4.78 is 0. The molecule has 2 heterocycles. The van der Waals surface area contributed by atoms with Gasteiger partial charge in [0.2, 0.25) is 5.91 Å². The first-order valence-corrected chi connectivity index (χ1v) is 7.44. The van der Waals surface area contributed by atoms with Gasteiger partial charge < -0.3 is 10.2 Å². The molecule has 1 aromatic heterocycles. The summed E-state index contributed by atoms with van der Waals surface area (Å²) in [6.45, 7) is 3.39. The third-order valence-corrected chi connectivity index (χ3v) is 3.84. The molecule has 0 saturated carbocycles. The second kappa shape index (κ2) is 7.15. The molecule has 0 aromatic carbocycles. The molecule has 1 aliphatic heterocycles. The highest BCUT2D eigenvalue weighted by atomic mass is 16.2. The van der Waals surface area contributed by atoms with Gasteiger partial charge in [-0.3, -0.25) is 9.59 Å². The van der Waals surface area contributed by atoms with Gasteiger partial charge >= 0.3 is 0 Å². The van der Waals surface area contributed by atoms with Gasteiger partial charge in [0.25, 0.3) is 5.91 Å². The van der Waals surface area contributed by atoms with Crippen molar-refractivity contribution in [1.29, 1.82) is 0 Å². The fourth-order valence-corrected chi connectivity index (χ4v) is 2.69. The molecule has 1 saturated heterocycles. The molecule has 0 bridgehead atoms. The van der Waals surface area contributed by atoms with Gasteiger partial charge in [0, 0.05) is 32.8 Å². The number of carbonyl (C=O) groups excluding carboxylic acids is 2. The Bertz CT molecular complexity index is 518. The fraction of sp³-hybridized carbons (Fsp3) is 0.600. The lowest BCUT2D eigenvalue weighted by Gasteiger charge is -2.17. The van der Waals surface area contributed by atoms with E-state index in [0.717, 1.165) is 25.0 Å². The molecule has 21 heavy (non-hydrogen) atoms. The number of nitrogens with one attached hydrogen (secondary N) is 1. The van der Waals surface area contributed by atoms with E-state index in [1.807, 2.05) is 4.90 Å². The predicted octanol–water partition coefficient (Wildman–Crippen LogP) is 1.03. The molecule has 2 amide bonds. The summed E-state index contributed by atoms with van der Waals surface area (Å²) >= 11 is 0. The maximum atomic E-state index is 12.6. The summed E-state index contributed by atoms with van der Waals surface area (Å²) in [6, 6.07) is 0. The van der Waals surface area contributed by atoms with Gasteiger partial charge in [-0.15, -0.1) is 0 Å². The molecule has 0 aliphatic carbocycles. The standard InChI is InChI=1S/C15H22N4O2/c1-3-4-13-12(8-17-10-18-13)15(21)19-6-5-11(9-19)7-14(20)16-2/h8,10-11H,3-7,9H2,1-2H3,(H,16,20). The average molecular weight is 290 g/mol. The summed E-state index contributed by atoms with van der Waals surface area (Å²) in [4.78, 5) is 34.0. The van der Waals surface area contributed by atoms with Crippen LogP contribution in [0.1, 0.15) is 42.2 Å². The van der Waals surface area contributed by atoms with Crippen LogP contribution in [0.3, 0.4) is 0 Å². The van der Waals surface area contributed by atoms with Crippen molar-refractivity contribution in [3.05, 3.63) is 23.8 Å². The highest BCUT2D eigenvalue weighted by molar-refractivity contribution is 5.95. The van der Waals surface area contributed by atoms with Crippen LogP contribution >= 0.6 is 0 Å². The topological polar surface area (TPSA) is 75.2 Å². The summed E-state index contributed by atoms with van der Waals surface area (Å²) in [5.41, 5.74) is 1.41. The van der Waals surface area contributed by atoms with E-state index in [1.54, 1.807) is 13.2 Å². The Morgan fingerprint density at radius 1 is 1.48 bits per heavy atom. The number of aromatic nitrogens is 2. The van der Waals surface area contributed by atoms with Crippen LogP contribution in [-0.4, -0.2) is 46.8 Å². The van der Waals surface area contributed by atoms with Crippen molar-refractivity contribution in [2.75, 3.05) is 20.1 Å². The second-order valence-electron chi connectivity index (χ2n) is 5.42. The van der Waals surface area contributed by atoms with E-state index in [1.165, 1.54) is 6.33 Å². The molecule has 2 rings (SSSR count). The zero-order valence-electron chi connectivity index (χ0n) is 12.6. The molecule has 1 unspecified atom stereocenters. The lowest BCUT2D eigenvalue weighted by atomic mass is 10.0. The molecule has 1 fully saturated rings. The van der Waals surface area contributed by atoms with Gasteiger partial charge in [-0.1, -0.05) is 13.3 Å².